The zero-order valence-electron chi connectivity index (χ0n) is 9.06. The first-order valence-corrected chi connectivity index (χ1v) is 5.05. The Morgan fingerprint density at radius 1 is 1.06 bits per heavy atom. The van der Waals surface area contributed by atoms with Crippen LogP contribution in [0.25, 0.3) is 0 Å². The maximum Gasteiger partial charge on any atom is 0.401 e. The summed E-state index contributed by atoms with van der Waals surface area (Å²) in [6.07, 6.45) is -4.14. The number of hydrogen-bond donors (Lipinski definition) is 2. The third-order valence-electron chi connectivity index (χ3n) is 2.01. The molecule has 1 rings (SSSR count). The lowest BCUT2D eigenvalue weighted by atomic mass is 10.2. The molecule has 0 aromatic heterocycles. The molecule has 2 N–H and O–H groups in total. The van der Waals surface area contributed by atoms with Gasteiger partial charge in [-0.2, -0.15) is 13.2 Å². The summed E-state index contributed by atoms with van der Waals surface area (Å²) in [4.78, 5) is 0. The second-order valence-corrected chi connectivity index (χ2v) is 3.58. The number of hydrogen-bond acceptors (Lipinski definition) is 2. The topological polar surface area (TPSA) is 24.1 Å². The lowest BCUT2D eigenvalue weighted by Crippen LogP contribution is -2.32. The number of anilines is 1. The van der Waals surface area contributed by atoms with Gasteiger partial charge in [0.1, 0.15) is 0 Å². The fourth-order valence-electron chi connectivity index (χ4n) is 1.20. The van der Waals surface area contributed by atoms with Crippen LogP contribution in [0.1, 0.15) is 5.56 Å². The number of halogens is 3. The highest BCUT2D eigenvalue weighted by Gasteiger charge is 2.25. The van der Waals surface area contributed by atoms with Gasteiger partial charge in [-0.15, -0.1) is 0 Å². The van der Waals surface area contributed by atoms with Gasteiger partial charge in [0.05, 0.1) is 6.54 Å². The van der Waals surface area contributed by atoms with Gasteiger partial charge in [-0.3, -0.25) is 0 Å². The first-order chi connectivity index (χ1) is 7.47. The number of rotatable bonds is 5. The van der Waals surface area contributed by atoms with Gasteiger partial charge in [0.15, 0.2) is 0 Å². The lowest BCUT2D eigenvalue weighted by Gasteiger charge is -2.09. The molecule has 0 amide bonds. The van der Waals surface area contributed by atoms with E-state index in [-0.39, 0.29) is 6.54 Å². The van der Waals surface area contributed by atoms with Crippen molar-refractivity contribution in [3.63, 3.8) is 0 Å². The summed E-state index contributed by atoms with van der Waals surface area (Å²) in [6, 6.07) is 7.70. The van der Waals surface area contributed by atoms with Gasteiger partial charge in [-0.25, -0.2) is 0 Å². The van der Waals surface area contributed by atoms with Gasteiger partial charge >= 0.3 is 6.18 Å². The molecule has 0 atom stereocenters. The van der Waals surface area contributed by atoms with Crippen LogP contribution in [0, 0.1) is 6.92 Å². The summed E-state index contributed by atoms with van der Waals surface area (Å²) < 4.78 is 35.3. The minimum Gasteiger partial charge on any atom is -0.384 e. The highest BCUT2D eigenvalue weighted by molar-refractivity contribution is 5.44. The van der Waals surface area contributed by atoms with Crippen molar-refractivity contribution in [2.24, 2.45) is 0 Å². The highest BCUT2D eigenvalue weighted by Crippen LogP contribution is 2.12. The van der Waals surface area contributed by atoms with Crippen molar-refractivity contribution in [3.05, 3.63) is 29.8 Å². The zero-order chi connectivity index (χ0) is 12.0. The molecule has 0 unspecified atom stereocenters. The van der Waals surface area contributed by atoms with E-state index >= 15 is 0 Å². The quantitative estimate of drug-likeness (QED) is 0.762. The third kappa shape index (κ3) is 5.60. The van der Waals surface area contributed by atoms with Crippen LogP contribution >= 0.6 is 0 Å². The molecule has 0 aliphatic heterocycles. The molecule has 90 valence electrons. The highest BCUT2D eigenvalue weighted by atomic mass is 19.4. The largest absolute Gasteiger partial charge is 0.401 e. The van der Waals surface area contributed by atoms with E-state index in [1.807, 2.05) is 31.2 Å². The molecule has 0 aliphatic rings. The second kappa shape index (κ2) is 5.75. The maximum atomic E-state index is 11.8. The number of aryl methyl sites for hydroxylation is 1. The summed E-state index contributed by atoms with van der Waals surface area (Å²) in [7, 11) is 0. The van der Waals surface area contributed by atoms with E-state index in [1.54, 1.807) is 0 Å². The van der Waals surface area contributed by atoms with Crippen LogP contribution in [0.2, 0.25) is 0 Å². The molecule has 0 fully saturated rings. The average molecular weight is 232 g/mol. The van der Waals surface area contributed by atoms with Crippen molar-refractivity contribution in [1.29, 1.82) is 0 Å². The molecule has 1 aromatic rings. The molecule has 0 saturated carbocycles. The van der Waals surface area contributed by atoms with E-state index in [1.165, 1.54) is 0 Å². The van der Waals surface area contributed by atoms with Gasteiger partial charge in [-0.05, 0) is 19.1 Å². The summed E-state index contributed by atoms with van der Waals surface area (Å²) in [5.41, 5.74) is 2.07. The van der Waals surface area contributed by atoms with Crippen molar-refractivity contribution in [2.75, 3.05) is 25.0 Å². The lowest BCUT2D eigenvalue weighted by molar-refractivity contribution is -0.124. The standard InChI is InChI=1S/C11H15F3N2/c1-9-2-4-10(5-3-9)16-7-6-15-8-11(12,13)14/h2-5,15-16H,6-8H2,1H3. The molecule has 16 heavy (non-hydrogen) atoms. The van der Waals surface area contributed by atoms with Gasteiger partial charge in [0, 0.05) is 18.8 Å². The Kier molecular flexibility index (Phi) is 4.61. The molecule has 0 aliphatic carbocycles. The van der Waals surface area contributed by atoms with Crippen LogP contribution in [0.4, 0.5) is 18.9 Å². The minimum absolute atomic E-state index is 0.285. The average Bonchev–Trinajstić information content (AvgIpc) is 2.19. The molecular formula is C11H15F3N2. The Bertz CT molecular complexity index is 306. The fourth-order valence-corrected chi connectivity index (χ4v) is 1.20. The van der Waals surface area contributed by atoms with Crippen molar-refractivity contribution in [3.8, 4) is 0 Å². The smallest absolute Gasteiger partial charge is 0.384 e. The first kappa shape index (κ1) is 12.8. The number of alkyl halides is 3. The summed E-state index contributed by atoms with van der Waals surface area (Å²) in [6.45, 7) is 1.80. The van der Waals surface area contributed by atoms with Gasteiger partial charge in [0.25, 0.3) is 0 Å². The van der Waals surface area contributed by atoms with E-state index in [0.717, 1.165) is 11.3 Å². The van der Waals surface area contributed by atoms with Crippen LogP contribution in [0.3, 0.4) is 0 Å². The van der Waals surface area contributed by atoms with Crippen molar-refractivity contribution < 1.29 is 13.2 Å². The SMILES string of the molecule is Cc1ccc(NCCNCC(F)(F)F)cc1. The summed E-state index contributed by atoms with van der Waals surface area (Å²) in [5.74, 6) is 0. The molecule has 2 nitrogen and oxygen atoms in total. The normalized spacial score (nSPS) is 11.5. The Morgan fingerprint density at radius 3 is 2.25 bits per heavy atom. The fraction of sp³-hybridized carbons (Fsp3) is 0.455. The molecule has 0 heterocycles. The Hall–Kier alpha value is -1.23. The predicted molar refractivity (Wildman–Crippen MR) is 58.6 cm³/mol. The number of nitrogens with one attached hydrogen (secondary N) is 2. The van der Waals surface area contributed by atoms with Crippen LogP contribution < -0.4 is 10.6 Å². The van der Waals surface area contributed by atoms with Crippen LogP contribution in [-0.4, -0.2) is 25.8 Å². The second-order valence-electron chi connectivity index (χ2n) is 3.58. The molecule has 5 heteroatoms. The Morgan fingerprint density at radius 2 is 1.69 bits per heavy atom. The Labute approximate surface area is 92.9 Å². The minimum atomic E-state index is -4.14. The van der Waals surface area contributed by atoms with Gasteiger partial charge in [0.2, 0.25) is 0 Å². The van der Waals surface area contributed by atoms with Crippen LogP contribution in [0.5, 0.6) is 0 Å². The van der Waals surface area contributed by atoms with E-state index in [2.05, 4.69) is 10.6 Å². The molecule has 0 spiro atoms. The van der Waals surface area contributed by atoms with Crippen molar-refractivity contribution >= 4 is 5.69 Å². The maximum absolute atomic E-state index is 11.8. The van der Waals surface area contributed by atoms with E-state index < -0.39 is 12.7 Å². The van der Waals surface area contributed by atoms with Crippen molar-refractivity contribution in [2.45, 2.75) is 13.1 Å². The predicted octanol–water partition coefficient (Wildman–Crippen LogP) is 2.56. The van der Waals surface area contributed by atoms with E-state index in [0.29, 0.717) is 6.54 Å². The third-order valence-corrected chi connectivity index (χ3v) is 2.01. The summed E-state index contributed by atoms with van der Waals surface area (Å²) >= 11 is 0. The Balaban J connectivity index is 2.14. The monoisotopic (exact) mass is 232 g/mol. The molecule has 0 bridgehead atoms. The van der Waals surface area contributed by atoms with Gasteiger partial charge < -0.3 is 10.6 Å². The number of benzene rings is 1. The molecule has 0 saturated heterocycles. The summed E-state index contributed by atoms with van der Waals surface area (Å²) in [5, 5.41) is 5.35. The van der Waals surface area contributed by atoms with E-state index in [9.17, 15) is 13.2 Å². The first-order valence-electron chi connectivity index (χ1n) is 5.05. The van der Waals surface area contributed by atoms with Crippen molar-refractivity contribution in [1.82, 2.24) is 5.32 Å². The van der Waals surface area contributed by atoms with Crippen LogP contribution in [-0.2, 0) is 0 Å². The van der Waals surface area contributed by atoms with Crippen LogP contribution in [0.15, 0.2) is 24.3 Å². The zero-order valence-corrected chi connectivity index (χ0v) is 9.06. The molecule has 1 aromatic carbocycles. The van der Waals surface area contributed by atoms with Gasteiger partial charge in [-0.1, -0.05) is 17.7 Å². The molecular weight excluding hydrogens is 217 g/mol. The van der Waals surface area contributed by atoms with E-state index in [4.69, 9.17) is 0 Å². The molecule has 0 radical (unpaired) electrons.